The van der Waals surface area contributed by atoms with Gasteiger partial charge < -0.3 is 11.1 Å². The van der Waals surface area contributed by atoms with E-state index in [0.717, 1.165) is 16.8 Å². The lowest BCUT2D eigenvalue weighted by atomic mass is 9.97. The molecule has 3 N–H and O–H groups in total. The van der Waals surface area contributed by atoms with E-state index in [2.05, 4.69) is 39.1 Å². The number of nitrogens with two attached hydrogens (primary N) is 1. The molecular formula is C16H26N2O. The van der Waals surface area contributed by atoms with Crippen molar-refractivity contribution in [3.63, 3.8) is 0 Å². The van der Waals surface area contributed by atoms with E-state index in [9.17, 15) is 4.79 Å². The first-order valence-electron chi connectivity index (χ1n) is 6.98. The van der Waals surface area contributed by atoms with Crippen molar-refractivity contribution >= 4 is 11.6 Å². The molecule has 1 amide bonds. The molecule has 0 bridgehead atoms. The van der Waals surface area contributed by atoms with Crippen molar-refractivity contribution in [2.24, 2.45) is 11.7 Å². The minimum absolute atomic E-state index is 0.0927. The highest BCUT2D eigenvalue weighted by Gasteiger charge is 2.18. The predicted octanol–water partition coefficient (Wildman–Crippen LogP) is 3.43. The second-order valence-corrected chi connectivity index (χ2v) is 5.92. The normalized spacial score (nSPS) is 12.8. The van der Waals surface area contributed by atoms with Crippen LogP contribution in [0, 0.1) is 12.8 Å². The van der Waals surface area contributed by atoms with Gasteiger partial charge in [0.1, 0.15) is 0 Å². The Hall–Kier alpha value is -1.35. The van der Waals surface area contributed by atoms with Gasteiger partial charge in [-0.05, 0) is 36.3 Å². The van der Waals surface area contributed by atoms with Gasteiger partial charge in [0, 0.05) is 5.69 Å². The van der Waals surface area contributed by atoms with E-state index in [1.165, 1.54) is 0 Å². The van der Waals surface area contributed by atoms with Gasteiger partial charge in [0.25, 0.3) is 0 Å². The van der Waals surface area contributed by atoms with Gasteiger partial charge in [-0.15, -0.1) is 0 Å². The summed E-state index contributed by atoms with van der Waals surface area (Å²) in [5, 5.41) is 3.00. The Balaban J connectivity index is 2.90. The van der Waals surface area contributed by atoms with Gasteiger partial charge in [0.15, 0.2) is 0 Å². The third-order valence-corrected chi connectivity index (χ3v) is 3.24. The molecule has 0 radical (unpaired) electrons. The number of hydrogen-bond donors (Lipinski definition) is 2. The zero-order chi connectivity index (χ0) is 14.6. The molecule has 0 saturated carbocycles. The smallest absolute Gasteiger partial charge is 0.241 e. The van der Waals surface area contributed by atoms with Gasteiger partial charge in [0.2, 0.25) is 5.91 Å². The van der Waals surface area contributed by atoms with Crippen LogP contribution in [0.1, 0.15) is 51.2 Å². The van der Waals surface area contributed by atoms with Crippen LogP contribution in [-0.2, 0) is 4.79 Å². The van der Waals surface area contributed by atoms with Crippen molar-refractivity contribution in [2.45, 2.75) is 53.0 Å². The van der Waals surface area contributed by atoms with Gasteiger partial charge in [0.05, 0.1) is 6.04 Å². The first-order valence-corrected chi connectivity index (χ1v) is 6.98. The summed E-state index contributed by atoms with van der Waals surface area (Å²) in [5.74, 6) is 0.698. The third-order valence-electron chi connectivity index (χ3n) is 3.24. The van der Waals surface area contributed by atoms with Crippen LogP contribution in [-0.4, -0.2) is 11.9 Å². The summed E-state index contributed by atoms with van der Waals surface area (Å²) < 4.78 is 0. The second kappa shape index (κ2) is 6.71. The zero-order valence-corrected chi connectivity index (χ0v) is 12.7. The summed E-state index contributed by atoms with van der Waals surface area (Å²) in [6.07, 6.45) is 0.703. The number of rotatable bonds is 5. The Bertz CT molecular complexity index is 438. The quantitative estimate of drug-likeness (QED) is 0.854. The number of amides is 1. The molecule has 1 rings (SSSR count). The summed E-state index contributed by atoms with van der Waals surface area (Å²) in [6, 6.07) is 5.64. The molecule has 0 aliphatic rings. The highest BCUT2D eigenvalue weighted by molar-refractivity contribution is 5.96. The first kappa shape index (κ1) is 15.7. The molecule has 0 spiro atoms. The van der Waals surface area contributed by atoms with E-state index in [-0.39, 0.29) is 5.91 Å². The van der Waals surface area contributed by atoms with Crippen LogP contribution in [0.15, 0.2) is 18.2 Å². The molecule has 1 aromatic carbocycles. The molecule has 0 saturated heterocycles. The predicted molar refractivity (Wildman–Crippen MR) is 81.3 cm³/mol. The second-order valence-electron chi connectivity index (χ2n) is 5.92. The lowest BCUT2D eigenvalue weighted by molar-refractivity contribution is -0.117. The molecule has 106 valence electrons. The van der Waals surface area contributed by atoms with E-state index in [4.69, 9.17) is 5.73 Å². The number of para-hydroxylation sites is 1. The van der Waals surface area contributed by atoms with Crippen molar-refractivity contribution in [2.75, 3.05) is 5.32 Å². The minimum Gasteiger partial charge on any atom is -0.324 e. The molecule has 0 fully saturated rings. The average Bonchev–Trinajstić information content (AvgIpc) is 2.30. The summed E-state index contributed by atoms with van der Waals surface area (Å²) in [4.78, 5) is 12.1. The van der Waals surface area contributed by atoms with Gasteiger partial charge in [-0.25, -0.2) is 0 Å². The number of anilines is 1. The molecule has 0 aliphatic carbocycles. The maximum absolute atomic E-state index is 12.1. The fourth-order valence-electron chi connectivity index (χ4n) is 2.17. The molecule has 1 atom stereocenters. The summed E-state index contributed by atoms with van der Waals surface area (Å²) in [7, 11) is 0. The van der Waals surface area contributed by atoms with Crippen LogP contribution in [0.3, 0.4) is 0 Å². The molecule has 0 aromatic heterocycles. The first-order chi connectivity index (χ1) is 8.82. The molecule has 0 heterocycles. The number of carbonyl (C=O) groups excluding carboxylic acids is 1. The Kier molecular flexibility index (Phi) is 5.55. The molecule has 3 heteroatoms. The molecule has 1 aromatic rings. The fourth-order valence-corrected chi connectivity index (χ4v) is 2.17. The molecule has 0 unspecified atom stereocenters. The lowest BCUT2D eigenvalue weighted by Gasteiger charge is -2.19. The van der Waals surface area contributed by atoms with Crippen LogP contribution in [0.5, 0.6) is 0 Å². The standard InChI is InChI=1S/C16H26N2O/c1-10(2)9-14(17)16(19)18-15-12(5)7-6-8-13(15)11(3)4/h6-8,10-11,14H,9,17H2,1-5H3,(H,18,19)/t14-/m0/s1. The van der Waals surface area contributed by atoms with E-state index >= 15 is 0 Å². The van der Waals surface area contributed by atoms with Crippen molar-refractivity contribution in [3.8, 4) is 0 Å². The minimum atomic E-state index is -0.445. The van der Waals surface area contributed by atoms with E-state index < -0.39 is 6.04 Å². The summed E-state index contributed by atoms with van der Waals surface area (Å²) in [5.41, 5.74) is 9.09. The van der Waals surface area contributed by atoms with E-state index in [1.807, 2.05) is 19.1 Å². The van der Waals surface area contributed by atoms with Gasteiger partial charge in [-0.1, -0.05) is 45.9 Å². The maximum Gasteiger partial charge on any atom is 0.241 e. The van der Waals surface area contributed by atoms with Crippen LogP contribution in [0.2, 0.25) is 0 Å². The maximum atomic E-state index is 12.1. The zero-order valence-electron chi connectivity index (χ0n) is 12.7. The largest absolute Gasteiger partial charge is 0.324 e. The number of hydrogen-bond acceptors (Lipinski definition) is 2. The fraction of sp³-hybridized carbons (Fsp3) is 0.562. The molecule has 0 aliphatic heterocycles. The van der Waals surface area contributed by atoms with Crippen LogP contribution in [0.4, 0.5) is 5.69 Å². The van der Waals surface area contributed by atoms with Gasteiger partial charge >= 0.3 is 0 Å². The number of carbonyl (C=O) groups is 1. The lowest BCUT2D eigenvalue weighted by Crippen LogP contribution is -2.37. The monoisotopic (exact) mass is 262 g/mol. The van der Waals surface area contributed by atoms with Crippen molar-refractivity contribution < 1.29 is 4.79 Å². The van der Waals surface area contributed by atoms with E-state index in [1.54, 1.807) is 0 Å². The van der Waals surface area contributed by atoms with Gasteiger partial charge in [-0.3, -0.25) is 4.79 Å². The molecular weight excluding hydrogens is 236 g/mol. The third kappa shape index (κ3) is 4.35. The number of aryl methyl sites for hydroxylation is 1. The molecule has 3 nitrogen and oxygen atoms in total. The Morgan fingerprint density at radius 3 is 2.42 bits per heavy atom. The van der Waals surface area contributed by atoms with Crippen LogP contribution < -0.4 is 11.1 Å². The summed E-state index contributed by atoms with van der Waals surface area (Å²) >= 11 is 0. The summed E-state index contributed by atoms with van der Waals surface area (Å²) in [6.45, 7) is 10.4. The highest BCUT2D eigenvalue weighted by Crippen LogP contribution is 2.27. The topological polar surface area (TPSA) is 55.1 Å². The number of benzene rings is 1. The average molecular weight is 262 g/mol. The Morgan fingerprint density at radius 1 is 1.26 bits per heavy atom. The van der Waals surface area contributed by atoms with Gasteiger partial charge in [-0.2, -0.15) is 0 Å². The van der Waals surface area contributed by atoms with Crippen molar-refractivity contribution in [1.82, 2.24) is 0 Å². The van der Waals surface area contributed by atoms with Crippen molar-refractivity contribution in [1.29, 1.82) is 0 Å². The highest BCUT2D eigenvalue weighted by atomic mass is 16.2. The Morgan fingerprint density at radius 2 is 1.89 bits per heavy atom. The van der Waals surface area contributed by atoms with Crippen LogP contribution >= 0.6 is 0 Å². The van der Waals surface area contributed by atoms with Crippen LogP contribution in [0.25, 0.3) is 0 Å². The van der Waals surface area contributed by atoms with Crippen molar-refractivity contribution in [3.05, 3.63) is 29.3 Å². The SMILES string of the molecule is Cc1cccc(C(C)C)c1NC(=O)[C@@H](N)CC(C)C. The Labute approximate surface area is 116 Å². The van der Waals surface area contributed by atoms with E-state index in [0.29, 0.717) is 18.3 Å². The number of nitrogens with one attached hydrogen (secondary N) is 1. The molecule has 19 heavy (non-hydrogen) atoms.